The molecule has 4 nitrogen and oxygen atoms in total. The van der Waals surface area contributed by atoms with E-state index in [-0.39, 0.29) is 0 Å². The van der Waals surface area contributed by atoms with Crippen LogP contribution in [0.4, 0.5) is 5.69 Å². The molecule has 32 heavy (non-hydrogen) atoms. The topological polar surface area (TPSA) is 28.6 Å². The van der Waals surface area contributed by atoms with Gasteiger partial charge in [0.2, 0.25) is 0 Å². The summed E-state index contributed by atoms with van der Waals surface area (Å²) < 4.78 is 10.7. The molecular formula is C27H27N3OS. The van der Waals surface area contributed by atoms with Gasteiger partial charge >= 0.3 is 0 Å². The molecule has 0 amide bonds. The molecule has 5 heteroatoms. The molecule has 0 aliphatic carbocycles. The SMILES string of the molecule is CN1CCN(c2cccc3ccc(OCc4cc(C=Cc5ccccc5)ns4)cc23)CC1. The van der Waals surface area contributed by atoms with Crippen molar-refractivity contribution < 1.29 is 4.74 Å². The third-order valence-corrected chi connectivity index (χ3v) is 6.65. The van der Waals surface area contributed by atoms with Crippen molar-refractivity contribution in [3.05, 3.63) is 88.9 Å². The minimum Gasteiger partial charge on any atom is -0.488 e. The van der Waals surface area contributed by atoms with Crippen LogP contribution in [-0.2, 0) is 6.61 Å². The summed E-state index contributed by atoms with van der Waals surface area (Å²) in [5.41, 5.74) is 3.44. The molecule has 5 rings (SSSR count). The monoisotopic (exact) mass is 441 g/mol. The number of ether oxygens (including phenoxy) is 1. The fourth-order valence-electron chi connectivity index (χ4n) is 4.02. The molecule has 0 saturated carbocycles. The Balaban J connectivity index is 1.28. The highest BCUT2D eigenvalue weighted by Gasteiger charge is 2.16. The first-order chi connectivity index (χ1) is 15.7. The molecule has 0 N–H and O–H groups in total. The largest absolute Gasteiger partial charge is 0.488 e. The van der Waals surface area contributed by atoms with Gasteiger partial charge in [0.25, 0.3) is 0 Å². The number of piperazine rings is 1. The van der Waals surface area contributed by atoms with Crippen molar-refractivity contribution in [3.63, 3.8) is 0 Å². The van der Waals surface area contributed by atoms with Gasteiger partial charge in [-0.05, 0) is 59.9 Å². The Morgan fingerprint density at radius 1 is 0.906 bits per heavy atom. The lowest BCUT2D eigenvalue weighted by Gasteiger charge is -2.34. The smallest absolute Gasteiger partial charge is 0.124 e. The highest BCUT2D eigenvalue weighted by atomic mass is 32.1. The summed E-state index contributed by atoms with van der Waals surface area (Å²) in [6.45, 7) is 4.83. The standard InChI is InChI=1S/C27H27N3OS/c1-29-14-16-30(17-15-29)27-9-5-8-22-11-13-24(19-26(22)27)31-20-25-18-23(28-32-25)12-10-21-6-3-2-4-7-21/h2-13,18-19H,14-17,20H2,1H3. The molecule has 2 heterocycles. The van der Waals surface area contributed by atoms with E-state index in [0.29, 0.717) is 6.61 Å². The Morgan fingerprint density at radius 2 is 1.75 bits per heavy atom. The molecule has 0 radical (unpaired) electrons. The average molecular weight is 442 g/mol. The molecule has 3 aromatic carbocycles. The summed E-state index contributed by atoms with van der Waals surface area (Å²) >= 11 is 1.49. The Kier molecular flexibility index (Phi) is 6.19. The zero-order valence-electron chi connectivity index (χ0n) is 18.3. The van der Waals surface area contributed by atoms with Gasteiger partial charge in [0.05, 0.1) is 10.6 Å². The zero-order chi connectivity index (χ0) is 21.8. The second-order valence-electron chi connectivity index (χ2n) is 8.20. The second-order valence-corrected chi connectivity index (χ2v) is 9.09. The second kappa shape index (κ2) is 9.55. The first kappa shape index (κ1) is 20.7. The molecule has 1 fully saturated rings. The number of fused-ring (bicyclic) bond motifs is 1. The predicted molar refractivity (Wildman–Crippen MR) is 135 cm³/mol. The Morgan fingerprint density at radius 3 is 2.59 bits per heavy atom. The molecule has 1 aliphatic heterocycles. The number of hydrogen-bond donors (Lipinski definition) is 0. The average Bonchev–Trinajstić information content (AvgIpc) is 3.30. The van der Waals surface area contributed by atoms with E-state index in [4.69, 9.17) is 4.74 Å². The van der Waals surface area contributed by atoms with Crippen molar-refractivity contribution in [2.75, 3.05) is 38.1 Å². The van der Waals surface area contributed by atoms with Crippen LogP contribution in [0.25, 0.3) is 22.9 Å². The van der Waals surface area contributed by atoms with Gasteiger partial charge in [0.15, 0.2) is 0 Å². The zero-order valence-corrected chi connectivity index (χ0v) is 19.1. The molecule has 1 aliphatic rings. The lowest BCUT2D eigenvalue weighted by molar-refractivity contribution is 0.310. The van der Waals surface area contributed by atoms with Crippen molar-refractivity contribution in [1.29, 1.82) is 0 Å². The third-order valence-electron chi connectivity index (χ3n) is 5.88. The third kappa shape index (κ3) is 4.85. The minimum atomic E-state index is 0.527. The fourth-order valence-corrected chi connectivity index (χ4v) is 4.65. The summed E-state index contributed by atoms with van der Waals surface area (Å²) in [6, 6.07) is 25.3. The number of anilines is 1. The molecule has 0 unspecified atom stereocenters. The summed E-state index contributed by atoms with van der Waals surface area (Å²) in [6.07, 6.45) is 4.14. The lowest BCUT2D eigenvalue weighted by atomic mass is 10.1. The van der Waals surface area contributed by atoms with Gasteiger partial charge in [0, 0.05) is 37.3 Å². The van der Waals surface area contributed by atoms with Crippen LogP contribution in [0.5, 0.6) is 5.75 Å². The number of rotatable bonds is 6. The van der Waals surface area contributed by atoms with E-state index < -0.39 is 0 Å². The van der Waals surface area contributed by atoms with Crippen LogP contribution in [0.15, 0.2) is 72.8 Å². The van der Waals surface area contributed by atoms with E-state index in [9.17, 15) is 0 Å². The molecule has 162 valence electrons. The summed E-state index contributed by atoms with van der Waals surface area (Å²) in [4.78, 5) is 5.99. The number of likely N-dealkylation sites (N-methyl/N-ethyl adjacent to an activating group) is 1. The van der Waals surface area contributed by atoms with E-state index in [1.54, 1.807) is 0 Å². The van der Waals surface area contributed by atoms with Crippen LogP contribution in [0.3, 0.4) is 0 Å². The van der Waals surface area contributed by atoms with Gasteiger partial charge < -0.3 is 14.5 Å². The van der Waals surface area contributed by atoms with Crippen molar-refractivity contribution in [2.24, 2.45) is 0 Å². The Hall–Kier alpha value is -3.15. The maximum absolute atomic E-state index is 6.16. The maximum Gasteiger partial charge on any atom is 0.124 e. The van der Waals surface area contributed by atoms with E-state index in [0.717, 1.165) is 42.5 Å². The number of aromatic nitrogens is 1. The molecular weight excluding hydrogens is 414 g/mol. The van der Waals surface area contributed by atoms with E-state index in [2.05, 4.69) is 81.9 Å². The molecule has 0 bridgehead atoms. The van der Waals surface area contributed by atoms with Crippen LogP contribution in [0.2, 0.25) is 0 Å². The van der Waals surface area contributed by atoms with Crippen LogP contribution < -0.4 is 9.64 Å². The molecule has 0 atom stereocenters. The van der Waals surface area contributed by atoms with Gasteiger partial charge in [-0.2, -0.15) is 4.37 Å². The van der Waals surface area contributed by atoms with E-state index in [1.807, 2.05) is 24.3 Å². The van der Waals surface area contributed by atoms with Crippen molar-refractivity contribution in [3.8, 4) is 5.75 Å². The number of hydrogen-bond acceptors (Lipinski definition) is 5. The Labute approximate surface area is 193 Å². The van der Waals surface area contributed by atoms with Crippen LogP contribution in [-0.4, -0.2) is 42.5 Å². The van der Waals surface area contributed by atoms with E-state index in [1.165, 1.54) is 33.6 Å². The normalized spacial score (nSPS) is 15.0. The summed E-state index contributed by atoms with van der Waals surface area (Å²) in [5.74, 6) is 0.897. The lowest BCUT2D eigenvalue weighted by Crippen LogP contribution is -2.44. The quantitative estimate of drug-likeness (QED) is 0.378. The molecule has 4 aromatic rings. The number of benzene rings is 3. The van der Waals surface area contributed by atoms with Crippen molar-refractivity contribution in [2.45, 2.75) is 6.61 Å². The summed E-state index contributed by atoms with van der Waals surface area (Å²) in [7, 11) is 2.19. The van der Waals surface area contributed by atoms with Gasteiger partial charge in [-0.1, -0.05) is 54.6 Å². The van der Waals surface area contributed by atoms with Crippen LogP contribution in [0, 0.1) is 0 Å². The van der Waals surface area contributed by atoms with Crippen molar-refractivity contribution in [1.82, 2.24) is 9.27 Å². The minimum absolute atomic E-state index is 0.527. The highest BCUT2D eigenvalue weighted by molar-refractivity contribution is 7.05. The van der Waals surface area contributed by atoms with Crippen LogP contribution in [0.1, 0.15) is 16.1 Å². The van der Waals surface area contributed by atoms with Gasteiger partial charge in [-0.3, -0.25) is 0 Å². The van der Waals surface area contributed by atoms with E-state index >= 15 is 0 Å². The summed E-state index contributed by atoms with van der Waals surface area (Å²) in [5, 5.41) is 2.50. The predicted octanol–water partition coefficient (Wildman–Crippen LogP) is 5.80. The van der Waals surface area contributed by atoms with Gasteiger partial charge in [0.1, 0.15) is 12.4 Å². The van der Waals surface area contributed by atoms with Gasteiger partial charge in [-0.25, -0.2) is 0 Å². The van der Waals surface area contributed by atoms with Crippen molar-refractivity contribution >= 4 is 40.1 Å². The molecule has 0 spiro atoms. The number of nitrogens with zero attached hydrogens (tertiary/aromatic N) is 3. The molecule has 1 saturated heterocycles. The Bertz CT molecular complexity index is 1210. The maximum atomic E-state index is 6.16. The van der Waals surface area contributed by atoms with Gasteiger partial charge in [-0.15, -0.1) is 0 Å². The molecule has 1 aromatic heterocycles. The fraction of sp³-hybridized carbons (Fsp3) is 0.222. The first-order valence-corrected chi connectivity index (χ1v) is 11.8. The van der Waals surface area contributed by atoms with Crippen LogP contribution >= 0.6 is 11.5 Å². The highest BCUT2D eigenvalue weighted by Crippen LogP contribution is 2.31. The first-order valence-electron chi connectivity index (χ1n) is 11.0.